The summed E-state index contributed by atoms with van der Waals surface area (Å²) in [4.78, 5) is 9.87. The largest absolute Gasteiger partial charge is 0.478 e. The fraction of sp³-hybridized carbons (Fsp3) is 0.250. The minimum atomic E-state index is -0.649. The van der Waals surface area contributed by atoms with Crippen molar-refractivity contribution in [3.05, 3.63) is 183 Å². The number of aliphatic imine (C=N–C) groups is 2. The molecule has 0 aromatic heterocycles. The van der Waals surface area contributed by atoms with Crippen molar-refractivity contribution in [2.24, 2.45) is 20.8 Å². The second kappa shape index (κ2) is 18.6. The van der Waals surface area contributed by atoms with Crippen LogP contribution in [0.25, 0.3) is 0 Å². The van der Waals surface area contributed by atoms with E-state index in [1.807, 2.05) is 0 Å². The van der Waals surface area contributed by atoms with Gasteiger partial charge in [-0.05, 0) is 86.4 Å². The van der Waals surface area contributed by atoms with Crippen molar-refractivity contribution in [3.8, 4) is 0 Å². The summed E-state index contributed by atoms with van der Waals surface area (Å²) in [5.74, 6) is 3.88. The fourth-order valence-corrected chi connectivity index (χ4v) is 11.5. The first-order valence-electron chi connectivity index (χ1n) is 18.8. The summed E-state index contributed by atoms with van der Waals surface area (Å²) in [6.07, 6.45) is 13.0. The molecule has 0 amide bonds. The van der Waals surface area contributed by atoms with Gasteiger partial charge in [0.1, 0.15) is 13.2 Å². The molecular weight excluding hydrogens is 754 g/mol. The van der Waals surface area contributed by atoms with Gasteiger partial charge in [-0.25, -0.2) is 9.98 Å². The molecule has 55 heavy (non-hydrogen) atoms. The van der Waals surface area contributed by atoms with Gasteiger partial charge in [0.15, 0.2) is 11.8 Å². The molecule has 0 saturated heterocycles. The topological polar surface area (TPSA) is 43.2 Å². The van der Waals surface area contributed by atoms with E-state index in [0.717, 1.165) is 23.6 Å². The average molecular weight is 805 g/mol. The van der Waals surface area contributed by atoms with Crippen LogP contribution in [0.1, 0.15) is 41.5 Å². The number of ether oxygens (including phenoxy) is 2. The molecule has 4 aromatic carbocycles. The second-order valence-corrected chi connectivity index (χ2v) is 20.3. The van der Waals surface area contributed by atoms with Gasteiger partial charge in [0.25, 0.3) is 0 Å². The summed E-state index contributed by atoms with van der Waals surface area (Å²) in [7, 11) is -1.30. The van der Waals surface area contributed by atoms with E-state index in [0.29, 0.717) is 13.2 Å². The molecule has 0 spiro atoms. The zero-order valence-electron chi connectivity index (χ0n) is 32.5. The van der Waals surface area contributed by atoms with Gasteiger partial charge in [-0.1, -0.05) is 163 Å². The van der Waals surface area contributed by atoms with Gasteiger partial charge in [-0.15, -0.1) is 0 Å². The Balaban J connectivity index is 0.000000184. The molecule has 2 saturated carbocycles. The third kappa shape index (κ3) is 10.0. The maximum atomic E-state index is 6.06. The number of benzene rings is 4. The Bertz CT molecular complexity index is 1630. The van der Waals surface area contributed by atoms with Gasteiger partial charge in [0, 0.05) is 28.4 Å². The molecule has 0 bridgehead atoms. The summed E-state index contributed by atoms with van der Waals surface area (Å²) >= 11 is 0. The van der Waals surface area contributed by atoms with Gasteiger partial charge in [-0.3, -0.25) is 0 Å². The van der Waals surface area contributed by atoms with Crippen LogP contribution >= 0.6 is 15.8 Å². The maximum absolute atomic E-state index is 6.06. The first-order valence-corrected chi connectivity index (χ1v) is 21.5. The minimum Gasteiger partial charge on any atom is -0.478 e. The SMILES string of the molecule is CC(C)(C)[C@H]1COC([C]2[CH][CH][CH][C]2P(c2ccccc2)c2ccccc2)=N1.CC(C)(C)[C@H]1COC([C]2[CH][CH][CH][C]2P(c2ccccc2)c2ccccc2)=N1.[Fe]. The van der Waals surface area contributed by atoms with Crippen LogP contribution in [0.3, 0.4) is 0 Å². The first kappa shape index (κ1) is 41.8. The van der Waals surface area contributed by atoms with E-state index < -0.39 is 15.8 Å². The van der Waals surface area contributed by atoms with Crippen molar-refractivity contribution in [1.82, 2.24) is 0 Å². The van der Waals surface area contributed by atoms with Crippen LogP contribution in [0, 0.1) is 72.5 Å². The number of nitrogens with zero attached hydrogens (tertiary/aromatic N) is 2. The Morgan fingerprint density at radius 1 is 0.455 bits per heavy atom. The van der Waals surface area contributed by atoms with Gasteiger partial charge in [0.05, 0.1) is 23.9 Å². The Hall–Kier alpha value is -2.80. The molecule has 0 unspecified atom stereocenters. The molecule has 2 aliphatic carbocycles. The number of rotatable bonds is 8. The van der Waals surface area contributed by atoms with Crippen LogP contribution in [0.2, 0.25) is 0 Å². The smallest absolute Gasteiger partial charge is 0.192 e. The maximum Gasteiger partial charge on any atom is 0.192 e. The molecule has 2 fully saturated rings. The standard InChI is InChI=1S/2C24H25NOP.Fe/c2*1-24(2,3)22-17-26-23(25-22)20-15-10-16-21(20)27(18-11-6-4-7-12-18)19-13-8-5-9-14-19;/h2*4-16,22H,17H2,1-3H3;/t2*22-;/m11./s1. The Kier molecular flexibility index (Phi) is 14.2. The van der Waals surface area contributed by atoms with Gasteiger partial charge in [-0.2, -0.15) is 0 Å². The van der Waals surface area contributed by atoms with Crippen LogP contribution in [-0.2, 0) is 26.5 Å². The molecule has 4 aromatic rings. The monoisotopic (exact) mass is 804 g/mol. The zero-order chi connectivity index (χ0) is 37.7. The summed E-state index contributed by atoms with van der Waals surface area (Å²) in [5.41, 5.74) is 2.85. The van der Waals surface area contributed by atoms with Crippen molar-refractivity contribution in [2.45, 2.75) is 53.6 Å². The predicted molar refractivity (Wildman–Crippen MR) is 230 cm³/mol. The molecular formula is C48H50FeN2O2P2. The van der Waals surface area contributed by atoms with Crippen molar-refractivity contribution >= 4 is 48.9 Å². The molecule has 8 rings (SSSR count). The van der Waals surface area contributed by atoms with E-state index in [1.54, 1.807) is 0 Å². The molecule has 4 nitrogen and oxygen atoms in total. The van der Waals surface area contributed by atoms with Crippen LogP contribution < -0.4 is 21.2 Å². The molecule has 10 radical (unpaired) electrons. The third-order valence-electron chi connectivity index (χ3n) is 9.89. The summed E-state index contributed by atoms with van der Waals surface area (Å²) in [5, 5.41) is 5.38. The minimum absolute atomic E-state index is 0. The van der Waals surface area contributed by atoms with Crippen LogP contribution in [0.4, 0.5) is 0 Å². The predicted octanol–water partition coefficient (Wildman–Crippen LogP) is 9.39. The normalized spacial score (nSPS) is 21.1. The van der Waals surface area contributed by atoms with E-state index in [4.69, 9.17) is 19.5 Å². The van der Waals surface area contributed by atoms with E-state index in [1.165, 1.54) is 32.5 Å². The summed E-state index contributed by atoms with van der Waals surface area (Å²) in [6, 6.07) is 43.5. The fourth-order valence-electron chi connectivity index (χ4n) is 6.67. The van der Waals surface area contributed by atoms with Gasteiger partial charge in [0.2, 0.25) is 0 Å². The Morgan fingerprint density at radius 3 is 1.00 bits per heavy atom. The van der Waals surface area contributed by atoms with Gasteiger partial charge >= 0.3 is 0 Å². The summed E-state index contributed by atoms with van der Waals surface area (Å²) < 4.78 is 12.1. The van der Waals surface area contributed by atoms with Crippen molar-refractivity contribution in [1.29, 1.82) is 0 Å². The van der Waals surface area contributed by atoms with E-state index in [2.05, 4.69) is 201 Å². The molecule has 282 valence electrons. The van der Waals surface area contributed by atoms with E-state index in [-0.39, 0.29) is 40.0 Å². The Labute approximate surface area is 344 Å². The molecule has 7 heteroatoms. The van der Waals surface area contributed by atoms with Gasteiger partial charge < -0.3 is 9.47 Å². The van der Waals surface area contributed by atoms with Crippen molar-refractivity contribution in [2.75, 3.05) is 13.2 Å². The number of hydrogen-bond donors (Lipinski definition) is 0. The molecule has 2 aliphatic heterocycles. The van der Waals surface area contributed by atoms with E-state index >= 15 is 0 Å². The summed E-state index contributed by atoms with van der Waals surface area (Å²) in [6.45, 7) is 14.7. The second-order valence-electron chi connectivity index (χ2n) is 15.9. The average Bonchev–Trinajstić information content (AvgIpc) is 4.01. The number of hydrogen-bond acceptors (Lipinski definition) is 4. The molecule has 4 aliphatic rings. The first-order chi connectivity index (χ1) is 26.1. The van der Waals surface area contributed by atoms with Crippen LogP contribution in [-0.4, -0.2) is 37.1 Å². The Morgan fingerprint density at radius 2 is 0.745 bits per heavy atom. The van der Waals surface area contributed by atoms with Crippen molar-refractivity contribution in [3.63, 3.8) is 0 Å². The quantitative estimate of drug-likeness (QED) is 0.132. The molecule has 0 N–H and O–H groups in total. The van der Waals surface area contributed by atoms with Crippen LogP contribution in [0.15, 0.2) is 131 Å². The zero-order valence-corrected chi connectivity index (χ0v) is 35.4. The molecule has 2 heterocycles. The molecule has 2 atom stereocenters. The van der Waals surface area contributed by atoms with Crippen LogP contribution in [0.5, 0.6) is 0 Å². The third-order valence-corrected chi connectivity index (χ3v) is 14.9. The van der Waals surface area contributed by atoms with Crippen molar-refractivity contribution < 1.29 is 26.5 Å². The van der Waals surface area contributed by atoms with E-state index in [9.17, 15) is 0 Å².